The van der Waals surface area contributed by atoms with Crippen LogP contribution in [0.4, 0.5) is 32.6 Å². The average molecular weight is 570 g/mol. The fourth-order valence-corrected chi connectivity index (χ4v) is 4.05. The number of hydrogen-bond acceptors (Lipinski definition) is 5. The first-order chi connectivity index (χ1) is 16.6. The molecule has 0 fully saturated rings. The Balaban J connectivity index is 2.38. The second-order valence-electron chi connectivity index (χ2n) is 8.01. The minimum atomic E-state index is -10.2. The number of benzene rings is 1. The van der Waals surface area contributed by atoms with Crippen LogP contribution < -0.4 is 21.3 Å². The van der Waals surface area contributed by atoms with Gasteiger partial charge in [0.15, 0.2) is 0 Å². The zero-order valence-electron chi connectivity index (χ0n) is 18.8. The minimum absolute atomic E-state index is 0.0272. The molecule has 37 heavy (non-hydrogen) atoms. The van der Waals surface area contributed by atoms with Gasteiger partial charge in [-0.2, -0.15) is 13.2 Å². The molecule has 1 amide bonds. The lowest BCUT2D eigenvalue weighted by Gasteiger charge is -2.41. The number of carboxylic acid groups (broad SMARTS) is 1. The number of aryl methyl sites for hydroxylation is 1. The maximum atomic E-state index is 13.6. The SMILES string of the molecule is Cc1cc(S(F)(F)(F)(F)F)cc2c1O[C@H](C(F)(F)F)C(C(=O)NC(CCCCN=C(N)NO)C(=O)O)=C2. The number of fused-ring (bicyclic) bond motifs is 1. The quantitative estimate of drug-likeness (QED) is 0.0973. The average Bonchev–Trinajstić information content (AvgIpc) is 2.74. The Hall–Kier alpha value is -3.28. The molecule has 1 aromatic rings. The number of unbranched alkanes of at least 4 members (excludes halogenated alkanes) is 1. The van der Waals surface area contributed by atoms with Crippen molar-refractivity contribution in [3.63, 3.8) is 0 Å². The molecule has 0 saturated carbocycles. The fourth-order valence-electron chi connectivity index (χ4n) is 3.30. The summed E-state index contributed by atoms with van der Waals surface area (Å²) in [6.45, 7) is 0.854. The number of aliphatic carboxylic acids is 1. The molecule has 0 spiro atoms. The number of carbonyl (C=O) groups is 2. The number of ether oxygens (including phenoxy) is 1. The summed E-state index contributed by atoms with van der Waals surface area (Å²) in [6, 6.07) is -1.91. The van der Waals surface area contributed by atoms with Crippen LogP contribution in [0.2, 0.25) is 0 Å². The molecule has 1 aliphatic heterocycles. The van der Waals surface area contributed by atoms with Crippen molar-refractivity contribution in [2.75, 3.05) is 6.54 Å². The highest BCUT2D eigenvalue weighted by Crippen LogP contribution is 3.02. The number of halogens is 8. The highest BCUT2D eigenvalue weighted by Gasteiger charge is 2.65. The molecule has 0 bridgehead atoms. The lowest BCUT2D eigenvalue weighted by Crippen LogP contribution is -2.47. The summed E-state index contributed by atoms with van der Waals surface area (Å²) < 4.78 is 112. The number of carboxylic acids is 1. The van der Waals surface area contributed by atoms with E-state index in [1.165, 1.54) is 0 Å². The lowest BCUT2D eigenvalue weighted by molar-refractivity contribution is -0.185. The molecule has 0 saturated heterocycles. The first-order valence-corrected chi connectivity index (χ1v) is 12.2. The molecule has 2 atom stereocenters. The van der Waals surface area contributed by atoms with Crippen LogP contribution in [0.1, 0.15) is 30.4 Å². The van der Waals surface area contributed by atoms with Crippen LogP contribution in [0.15, 0.2) is 27.6 Å². The van der Waals surface area contributed by atoms with Gasteiger partial charge >= 0.3 is 22.4 Å². The fraction of sp³-hybridized carbons (Fsp3) is 0.421. The first kappa shape index (κ1) is 29.9. The number of amides is 1. The van der Waals surface area contributed by atoms with Crippen LogP contribution in [0.25, 0.3) is 6.08 Å². The minimum Gasteiger partial charge on any atom is -0.480 e. The smallest absolute Gasteiger partial charge is 0.429 e. The summed E-state index contributed by atoms with van der Waals surface area (Å²) in [4.78, 5) is 25.4. The zero-order chi connectivity index (χ0) is 28.5. The molecule has 18 heteroatoms. The first-order valence-electron chi connectivity index (χ1n) is 10.2. The number of rotatable bonds is 9. The van der Waals surface area contributed by atoms with Gasteiger partial charge in [0.05, 0.1) is 5.57 Å². The van der Waals surface area contributed by atoms with Crippen LogP contribution >= 0.6 is 10.2 Å². The number of aliphatic imine (C=N–C) groups is 1. The highest BCUT2D eigenvalue weighted by molar-refractivity contribution is 8.45. The molecule has 0 aromatic heterocycles. The van der Waals surface area contributed by atoms with Crippen molar-refractivity contribution in [2.24, 2.45) is 10.7 Å². The van der Waals surface area contributed by atoms with Gasteiger partial charge in [-0.1, -0.05) is 19.4 Å². The van der Waals surface area contributed by atoms with Gasteiger partial charge in [0.25, 0.3) is 5.91 Å². The van der Waals surface area contributed by atoms with Gasteiger partial charge in [0.1, 0.15) is 16.7 Å². The third kappa shape index (κ3) is 7.85. The van der Waals surface area contributed by atoms with Crippen LogP contribution in [-0.2, 0) is 9.59 Å². The van der Waals surface area contributed by atoms with Crippen molar-refractivity contribution >= 4 is 34.1 Å². The number of hydroxylamine groups is 1. The molecule has 1 unspecified atom stereocenters. The Bertz CT molecular complexity index is 1140. The molecule has 2 rings (SSSR count). The standard InChI is InChI=1S/C19H22F8N4O5S/c1-9-6-11(37(23,24,25,26)27)7-10-8-12(15(19(20,21)22)36-14(9)10)16(32)30-13(17(33)34)4-2-3-5-29-18(28)31-35/h6-8,13,15,35H,2-5H2,1H3,(H,30,32)(H,33,34)(H3,28,29,31)/t13?,15-/m0/s1. The molecule has 1 aromatic carbocycles. The normalized spacial score (nSPS) is 18.9. The third-order valence-electron chi connectivity index (χ3n) is 5.01. The summed E-state index contributed by atoms with van der Waals surface area (Å²) in [5.74, 6) is -4.39. The second kappa shape index (κ2) is 9.55. The molecule has 9 nitrogen and oxygen atoms in total. The van der Waals surface area contributed by atoms with Gasteiger partial charge in [-0.3, -0.25) is 15.0 Å². The van der Waals surface area contributed by atoms with E-state index in [4.69, 9.17) is 15.7 Å². The number of guanidine groups is 1. The number of carbonyl (C=O) groups excluding carboxylic acids is 1. The summed E-state index contributed by atoms with van der Waals surface area (Å²) in [6.07, 6.45) is -8.00. The van der Waals surface area contributed by atoms with E-state index in [0.29, 0.717) is 6.08 Å². The summed E-state index contributed by atoms with van der Waals surface area (Å²) in [7, 11) is -10.2. The number of hydrogen-bond donors (Lipinski definition) is 5. The summed E-state index contributed by atoms with van der Waals surface area (Å²) in [5.41, 5.74) is 3.85. The predicted octanol–water partition coefficient (Wildman–Crippen LogP) is 4.39. The van der Waals surface area contributed by atoms with E-state index in [9.17, 15) is 47.3 Å². The maximum Gasteiger partial charge on any atom is 0.429 e. The third-order valence-corrected chi connectivity index (χ3v) is 6.14. The summed E-state index contributed by atoms with van der Waals surface area (Å²) >= 11 is 0. The molecule has 1 heterocycles. The number of nitrogens with one attached hydrogen (secondary N) is 2. The van der Waals surface area contributed by atoms with Gasteiger partial charge in [-0.15, -0.1) is 0 Å². The topological polar surface area (TPSA) is 146 Å². The summed E-state index contributed by atoms with van der Waals surface area (Å²) in [5, 5.41) is 19.7. The van der Waals surface area contributed by atoms with E-state index in [1.54, 1.807) is 5.48 Å². The number of nitrogens with two attached hydrogens (primary N) is 1. The van der Waals surface area contributed by atoms with Crippen molar-refractivity contribution < 1.29 is 57.2 Å². The van der Waals surface area contributed by atoms with Gasteiger partial charge < -0.3 is 20.9 Å². The molecule has 1 aliphatic rings. The van der Waals surface area contributed by atoms with Crippen LogP contribution in [0.3, 0.4) is 0 Å². The Morgan fingerprint density at radius 2 is 1.81 bits per heavy atom. The molecular weight excluding hydrogens is 548 g/mol. The predicted molar refractivity (Wildman–Crippen MR) is 116 cm³/mol. The van der Waals surface area contributed by atoms with Crippen LogP contribution in [-0.4, -0.2) is 53.0 Å². The van der Waals surface area contributed by atoms with Crippen molar-refractivity contribution in [2.45, 2.75) is 49.4 Å². The lowest BCUT2D eigenvalue weighted by atomic mass is 9.98. The van der Waals surface area contributed by atoms with Gasteiger partial charge in [0, 0.05) is 12.1 Å². The van der Waals surface area contributed by atoms with Crippen LogP contribution in [0.5, 0.6) is 5.75 Å². The Kier molecular flexibility index (Phi) is 7.73. The van der Waals surface area contributed by atoms with Crippen molar-refractivity contribution in [3.05, 3.63) is 28.8 Å². The largest absolute Gasteiger partial charge is 0.480 e. The van der Waals surface area contributed by atoms with Crippen molar-refractivity contribution in [3.8, 4) is 5.75 Å². The molecule has 6 N–H and O–H groups in total. The van der Waals surface area contributed by atoms with E-state index in [0.717, 1.165) is 6.92 Å². The monoisotopic (exact) mass is 570 g/mol. The van der Waals surface area contributed by atoms with Crippen molar-refractivity contribution in [1.29, 1.82) is 0 Å². The van der Waals surface area contributed by atoms with Gasteiger partial charge in [-0.25, -0.2) is 10.3 Å². The van der Waals surface area contributed by atoms with E-state index in [1.807, 2.05) is 5.32 Å². The van der Waals surface area contributed by atoms with Gasteiger partial charge in [-0.05, 0) is 50.0 Å². The number of alkyl halides is 3. The Morgan fingerprint density at radius 3 is 2.32 bits per heavy atom. The van der Waals surface area contributed by atoms with E-state index < -0.39 is 67.8 Å². The molecule has 210 valence electrons. The van der Waals surface area contributed by atoms with E-state index in [-0.39, 0.29) is 43.9 Å². The maximum absolute atomic E-state index is 13.6. The zero-order valence-corrected chi connectivity index (χ0v) is 19.6. The molecule has 0 aliphatic carbocycles. The van der Waals surface area contributed by atoms with E-state index >= 15 is 0 Å². The van der Waals surface area contributed by atoms with Crippen molar-refractivity contribution in [1.82, 2.24) is 10.8 Å². The van der Waals surface area contributed by atoms with Gasteiger partial charge in [0.2, 0.25) is 12.1 Å². The Morgan fingerprint density at radius 1 is 1.19 bits per heavy atom. The molecule has 0 radical (unpaired) electrons. The Labute approximate surface area is 204 Å². The molecular formula is C19H22F8N4O5S. The number of nitrogens with zero attached hydrogens (tertiary/aromatic N) is 1. The van der Waals surface area contributed by atoms with E-state index in [2.05, 4.69) is 4.99 Å². The van der Waals surface area contributed by atoms with Crippen LogP contribution in [0, 0.1) is 6.92 Å². The highest BCUT2D eigenvalue weighted by atomic mass is 32.5. The second-order valence-corrected chi connectivity index (χ2v) is 10.4.